The first-order chi connectivity index (χ1) is 9.66. The Kier molecular flexibility index (Phi) is 3.54. The molecule has 1 aliphatic heterocycles. The molecule has 0 unspecified atom stereocenters. The maximum Gasteiger partial charge on any atom is 0.254 e. The summed E-state index contributed by atoms with van der Waals surface area (Å²) >= 11 is 1.55. The standard InChI is InChI=1S/C15H20N2O2S/c1-16-13(18)12-3-2-5-15(12)6-7-17(10-15)14(19)11-4-8-20-9-11/h4,8-9,12H,2-3,5-7,10H2,1H3,(H,16,18)/t12-,15-/m1/s1. The highest BCUT2D eigenvalue weighted by atomic mass is 32.1. The third kappa shape index (κ3) is 2.14. The summed E-state index contributed by atoms with van der Waals surface area (Å²) in [6.07, 6.45) is 4.08. The van der Waals surface area contributed by atoms with Gasteiger partial charge in [0.25, 0.3) is 5.91 Å². The number of carbonyl (C=O) groups excluding carboxylic acids is 2. The molecule has 1 aromatic heterocycles. The Hall–Kier alpha value is -1.36. The Bertz CT molecular complexity index is 514. The van der Waals surface area contributed by atoms with Crippen molar-refractivity contribution in [3.05, 3.63) is 22.4 Å². The molecule has 5 heteroatoms. The molecule has 3 rings (SSSR count). The van der Waals surface area contributed by atoms with Crippen LogP contribution in [0.25, 0.3) is 0 Å². The SMILES string of the molecule is CNC(=O)[C@H]1CCC[C@]12CCN(C(=O)c1ccsc1)C2. The first-order valence-corrected chi connectivity index (χ1v) is 8.14. The lowest BCUT2D eigenvalue weighted by Crippen LogP contribution is -2.40. The highest BCUT2D eigenvalue weighted by molar-refractivity contribution is 7.08. The molecular weight excluding hydrogens is 272 g/mol. The largest absolute Gasteiger partial charge is 0.359 e. The fraction of sp³-hybridized carbons (Fsp3) is 0.600. The van der Waals surface area contributed by atoms with E-state index in [4.69, 9.17) is 0 Å². The Labute approximate surface area is 123 Å². The van der Waals surface area contributed by atoms with Gasteiger partial charge in [-0.15, -0.1) is 0 Å². The summed E-state index contributed by atoms with van der Waals surface area (Å²) in [7, 11) is 1.71. The predicted molar refractivity (Wildman–Crippen MR) is 78.7 cm³/mol. The number of likely N-dealkylation sites (tertiary alicyclic amines) is 1. The summed E-state index contributed by atoms with van der Waals surface area (Å²) in [5, 5.41) is 6.62. The molecule has 1 aliphatic carbocycles. The van der Waals surface area contributed by atoms with Crippen LogP contribution in [-0.2, 0) is 4.79 Å². The summed E-state index contributed by atoms with van der Waals surface area (Å²) in [6, 6.07) is 1.88. The molecule has 0 bridgehead atoms. The summed E-state index contributed by atoms with van der Waals surface area (Å²) in [6.45, 7) is 1.52. The Morgan fingerprint density at radius 1 is 1.45 bits per heavy atom. The topological polar surface area (TPSA) is 49.4 Å². The molecule has 1 spiro atoms. The lowest BCUT2D eigenvalue weighted by Gasteiger charge is -2.30. The molecule has 1 saturated carbocycles. The molecular formula is C15H20N2O2S. The van der Waals surface area contributed by atoms with Crippen LogP contribution in [0.3, 0.4) is 0 Å². The minimum atomic E-state index is 0.0196. The van der Waals surface area contributed by atoms with Gasteiger partial charge in [0.2, 0.25) is 5.91 Å². The van der Waals surface area contributed by atoms with Crippen LogP contribution >= 0.6 is 11.3 Å². The molecule has 20 heavy (non-hydrogen) atoms. The van der Waals surface area contributed by atoms with Gasteiger partial charge in [0, 0.05) is 36.9 Å². The number of rotatable bonds is 2. The van der Waals surface area contributed by atoms with E-state index in [1.807, 2.05) is 21.7 Å². The molecule has 0 aromatic carbocycles. The second-order valence-corrected chi connectivity index (χ2v) is 6.69. The molecule has 1 N–H and O–H groups in total. The third-order valence-corrected chi connectivity index (χ3v) is 5.59. The highest BCUT2D eigenvalue weighted by Gasteiger charge is 2.51. The number of hydrogen-bond donors (Lipinski definition) is 1. The van der Waals surface area contributed by atoms with Crippen LogP contribution in [-0.4, -0.2) is 36.9 Å². The van der Waals surface area contributed by atoms with Crippen molar-refractivity contribution < 1.29 is 9.59 Å². The molecule has 1 aromatic rings. The first kappa shape index (κ1) is 13.6. The molecule has 4 nitrogen and oxygen atoms in total. The molecule has 1 saturated heterocycles. The molecule has 0 radical (unpaired) electrons. The monoisotopic (exact) mass is 292 g/mol. The van der Waals surface area contributed by atoms with Gasteiger partial charge >= 0.3 is 0 Å². The van der Waals surface area contributed by atoms with E-state index < -0.39 is 0 Å². The van der Waals surface area contributed by atoms with Crippen LogP contribution in [0.15, 0.2) is 16.8 Å². The minimum Gasteiger partial charge on any atom is -0.359 e. The van der Waals surface area contributed by atoms with Crippen molar-refractivity contribution in [2.45, 2.75) is 25.7 Å². The smallest absolute Gasteiger partial charge is 0.254 e. The maximum absolute atomic E-state index is 12.4. The van der Waals surface area contributed by atoms with Crippen molar-refractivity contribution in [1.29, 1.82) is 0 Å². The van der Waals surface area contributed by atoms with E-state index in [1.165, 1.54) is 0 Å². The van der Waals surface area contributed by atoms with Crippen LogP contribution in [0.5, 0.6) is 0 Å². The van der Waals surface area contributed by atoms with Gasteiger partial charge in [0.1, 0.15) is 0 Å². The van der Waals surface area contributed by atoms with Crippen LogP contribution in [0.2, 0.25) is 0 Å². The van der Waals surface area contributed by atoms with E-state index in [1.54, 1.807) is 18.4 Å². The number of nitrogens with zero attached hydrogens (tertiary/aromatic N) is 1. The van der Waals surface area contributed by atoms with Gasteiger partial charge in [-0.25, -0.2) is 0 Å². The molecule has 2 atom stereocenters. The average molecular weight is 292 g/mol. The Morgan fingerprint density at radius 3 is 3.00 bits per heavy atom. The number of amides is 2. The summed E-state index contributed by atoms with van der Waals surface area (Å²) in [5.41, 5.74) is 0.799. The van der Waals surface area contributed by atoms with Crippen LogP contribution in [0, 0.1) is 11.3 Å². The lowest BCUT2D eigenvalue weighted by atomic mass is 9.76. The van der Waals surface area contributed by atoms with Gasteiger partial charge < -0.3 is 10.2 Å². The normalized spacial score (nSPS) is 29.1. The zero-order chi connectivity index (χ0) is 14.2. The average Bonchev–Trinajstić information content (AvgIpc) is 3.19. The molecule has 108 valence electrons. The number of thiophene rings is 1. The van der Waals surface area contributed by atoms with Crippen LogP contribution < -0.4 is 5.32 Å². The van der Waals surface area contributed by atoms with Crippen LogP contribution in [0.4, 0.5) is 0 Å². The van der Waals surface area contributed by atoms with Gasteiger partial charge in [0.05, 0.1) is 5.56 Å². The third-order valence-electron chi connectivity index (χ3n) is 4.91. The van der Waals surface area contributed by atoms with E-state index in [0.717, 1.165) is 44.3 Å². The van der Waals surface area contributed by atoms with Crippen molar-refractivity contribution in [3.63, 3.8) is 0 Å². The van der Waals surface area contributed by atoms with Crippen molar-refractivity contribution >= 4 is 23.2 Å². The highest BCUT2D eigenvalue weighted by Crippen LogP contribution is 2.50. The van der Waals surface area contributed by atoms with Gasteiger partial charge in [-0.3, -0.25) is 9.59 Å². The Balaban J connectivity index is 1.75. The summed E-state index contributed by atoms with van der Waals surface area (Å²) < 4.78 is 0. The lowest BCUT2D eigenvalue weighted by molar-refractivity contribution is -0.127. The van der Waals surface area contributed by atoms with Crippen molar-refractivity contribution in [1.82, 2.24) is 10.2 Å². The maximum atomic E-state index is 12.4. The molecule has 2 aliphatic rings. The van der Waals surface area contributed by atoms with Gasteiger partial charge in [-0.05, 0) is 30.7 Å². The summed E-state index contributed by atoms with van der Waals surface area (Å²) in [5.74, 6) is 0.339. The number of nitrogens with one attached hydrogen (secondary N) is 1. The second kappa shape index (κ2) is 5.20. The number of carbonyl (C=O) groups is 2. The van der Waals surface area contributed by atoms with Crippen molar-refractivity contribution in [2.24, 2.45) is 11.3 Å². The minimum absolute atomic E-state index is 0.0196. The van der Waals surface area contributed by atoms with Gasteiger partial charge in [-0.1, -0.05) is 6.42 Å². The first-order valence-electron chi connectivity index (χ1n) is 7.19. The zero-order valence-electron chi connectivity index (χ0n) is 11.7. The van der Waals surface area contributed by atoms with Crippen molar-refractivity contribution in [2.75, 3.05) is 20.1 Å². The van der Waals surface area contributed by atoms with E-state index in [0.29, 0.717) is 0 Å². The molecule has 2 heterocycles. The van der Waals surface area contributed by atoms with E-state index in [-0.39, 0.29) is 23.1 Å². The van der Waals surface area contributed by atoms with E-state index in [9.17, 15) is 9.59 Å². The predicted octanol–water partition coefficient (Wildman–Crippen LogP) is 2.13. The van der Waals surface area contributed by atoms with E-state index in [2.05, 4.69) is 5.32 Å². The fourth-order valence-electron chi connectivity index (χ4n) is 3.85. The van der Waals surface area contributed by atoms with Crippen molar-refractivity contribution in [3.8, 4) is 0 Å². The molecule has 2 amide bonds. The Morgan fingerprint density at radius 2 is 2.30 bits per heavy atom. The number of hydrogen-bond acceptors (Lipinski definition) is 3. The van der Waals surface area contributed by atoms with Crippen LogP contribution in [0.1, 0.15) is 36.0 Å². The quantitative estimate of drug-likeness (QED) is 0.908. The van der Waals surface area contributed by atoms with Gasteiger partial charge in [0.15, 0.2) is 0 Å². The fourth-order valence-corrected chi connectivity index (χ4v) is 4.48. The molecule has 2 fully saturated rings. The summed E-state index contributed by atoms with van der Waals surface area (Å²) in [4.78, 5) is 26.4. The zero-order valence-corrected chi connectivity index (χ0v) is 12.5. The van der Waals surface area contributed by atoms with E-state index >= 15 is 0 Å². The van der Waals surface area contributed by atoms with Gasteiger partial charge in [-0.2, -0.15) is 11.3 Å². The second-order valence-electron chi connectivity index (χ2n) is 5.91.